The highest BCUT2D eigenvalue weighted by Crippen LogP contribution is 2.44. The van der Waals surface area contributed by atoms with Gasteiger partial charge in [0.15, 0.2) is 6.61 Å². The van der Waals surface area contributed by atoms with E-state index in [1.807, 2.05) is 18.2 Å². The molecule has 0 amide bonds. The van der Waals surface area contributed by atoms with Gasteiger partial charge >= 0.3 is 5.97 Å². The maximum Gasteiger partial charge on any atom is 0.341 e. The van der Waals surface area contributed by atoms with Crippen molar-refractivity contribution in [1.29, 1.82) is 0 Å². The Morgan fingerprint density at radius 2 is 0.743 bits per heavy atom. The molecule has 5 aromatic carbocycles. The van der Waals surface area contributed by atoms with E-state index in [2.05, 4.69) is 144 Å². The van der Waals surface area contributed by atoms with Crippen molar-refractivity contribution in [2.45, 2.75) is 137 Å². The number of carboxylic acid groups (broad SMARTS) is 1. The molecule has 0 spiro atoms. The van der Waals surface area contributed by atoms with E-state index < -0.39 is 12.6 Å². The Hall–Kier alpha value is -5.35. The van der Waals surface area contributed by atoms with Crippen molar-refractivity contribution >= 4 is 5.97 Å². The summed E-state index contributed by atoms with van der Waals surface area (Å²) in [4.78, 5) is 12.5. The number of benzene rings is 5. The molecule has 0 fully saturated rings. The lowest BCUT2D eigenvalue weighted by molar-refractivity contribution is -0.139. The maximum atomic E-state index is 12.5. The van der Waals surface area contributed by atoms with Gasteiger partial charge < -0.3 is 38.3 Å². The lowest BCUT2D eigenvalue weighted by atomic mass is 9.79. The number of ether oxygens (including phenoxy) is 7. The molecule has 5 aromatic rings. The van der Waals surface area contributed by atoms with E-state index in [-0.39, 0.29) is 21.7 Å². The maximum absolute atomic E-state index is 12.5. The topological polar surface area (TPSA) is 102 Å². The third kappa shape index (κ3) is 13.5. The quantitative estimate of drug-likeness (QED) is 0.175. The van der Waals surface area contributed by atoms with Gasteiger partial charge in [-0.3, -0.25) is 0 Å². The average Bonchev–Trinajstić information content (AvgIpc) is 3.26. The molecule has 1 N–H and O–H groups in total. The van der Waals surface area contributed by atoms with Gasteiger partial charge in [0.1, 0.15) is 42.8 Å². The van der Waals surface area contributed by atoms with Gasteiger partial charge in [-0.25, -0.2) is 4.79 Å². The predicted molar refractivity (Wildman–Crippen MR) is 279 cm³/mol. The lowest BCUT2D eigenvalue weighted by Crippen LogP contribution is -2.19. The standard InChI is InChI=1S/C61H78O9/c1-58(2,3)49-30-41-26-42-31-50(59(4,5)6)33-44-28-47-36-52(61(10,11)12)37-48(57(47)70-39-53(62)63)29-46-35-51(60(7,8)9)34-45(56(46)69-38-40-16-14-13-15-17-40)27-43(32-49)54(41)67-24-22-65-20-18-64-19-21-66-23-25-68-55(42)44/h13-17,30-37H,18-29,38-39H2,1-12H3,(H,62,63). The summed E-state index contributed by atoms with van der Waals surface area (Å²) in [6.45, 7) is 30.0. The molecule has 9 heteroatoms. The van der Waals surface area contributed by atoms with Crippen LogP contribution in [0.25, 0.3) is 0 Å². The second-order valence-corrected chi connectivity index (χ2v) is 23.2. The van der Waals surface area contributed by atoms with E-state index >= 15 is 0 Å². The summed E-state index contributed by atoms with van der Waals surface area (Å²) in [6, 6.07) is 28.5. The molecule has 376 valence electrons. The largest absolute Gasteiger partial charge is 0.491 e. The van der Waals surface area contributed by atoms with Crippen molar-refractivity contribution in [2.24, 2.45) is 0 Å². The molecule has 7 rings (SSSR count). The number of carbonyl (C=O) groups is 1. The summed E-state index contributed by atoms with van der Waals surface area (Å²) >= 11 is 0. The zero-order valence-corrected chi connectivity index (χ0v) is 44.1. The van der Waals surface area contributed by atoms with Crippen molar-refractivity contribution < 1.29 is 43.1 Å². The van der Waals surface area contributed by atoms with Crippen LogP contribution in [0, 0.1) is 0 Å². The number of carboxylic acids is 1. The molecule has 10 bridgehead atoms. The van der Waals surface area contributed by atoms with Gasteiger partial charge in [0, 0.05) is 25.7 Å². The van der Waals surface area contributed by atoms with Crippen molar-refractivity contribution in [3.8, 4) is 23.0 Å². The SMILES string of the molecule is CC(C)(C)c1cc2c3c(c1)Cc1cc(C(C)(C)C)cc(c1OCC(=O)O)Cc1cc(C(C)(C)C)cc(c1OCc1ccccc1)Cc1cc(C(C)(C)C)cc(c1OCCOCCOCCOCCO3)C2. The van der Waals surface area contributed by atoms with Crippen LogP contribution < -0.4 is 18.9 Å². The molecular formula is C61H78O9. The van der Waals surface area contributed by atoms with Crippen LogP contribution in [0.5, 0.6) is 23.0 Å². The second-order valence-electron chi connectivity index (χ2n) is 23.2. The number of rotatable bonds is 6. The molecule has 0 radical (unpaired) electrons. The molecular weight excluding hydrogens is 877 g/mol. The molecule has 1 aliphatic carbocycles. The van der Waals surface area contributed by atoms with E-state index in [0.717, 1.165) is 78.4 Å². The fraction of sp³-hybridized carbons (Fsp3) is 0.492. The fourth-order valence-corrected chi connectivity index (χ4v) is 9.17. The van der Waals surface area contributed by atoms with Gasteiger partial charge in [0.05, 0.1) is 39.6 Å². The van der Waals surface area contributed by atoms with E-state index in [1.54, 1.807) is 0 Å². The minimum absolute atomic E-state index is 0.195. The third-order valence-corrected chi connectivity index (χ3v) is 13.2. The van der Waals surface area contributed by atoms with Crippen LogP contribution in [-0.2, 0) is 73.0 Å². The number of aliphatic carboxylic acids is 1. The molecule has 0 atom stereocenters. The lowest BCUT2D eigenvalue weighted by Gasteiger charge is -2.29. The van der Waals surface area contributed by atoms with Gasteiger partial charge in [0.2, 0.25) is 0 Å². The molecule has 0 unspecified atom stereocenters. The summed E-state index contributed by atoms with van der Waals surface area (Å²) < 4.78 is 45.7. The Bertz CT molecular complexity index is 2600. The van der Waals surface area contributed by atoms with Crippen molar-refractivity contribution in [3.63, 3.8) is 0 Å². The Morgan fingerprint density at radius 1 is 0.443 bits per heavy atom. The van der Waals surface area contributed by atoms with Gasteiger partial charge in [-0.05, 0) is 94.0 Å². The van der Waals surface area contributed by atoms with E-state index in [9.17, 15) is 9.90 Å². The highest BCUT2D eigenvalue weighted by Gasteiger charge is 2.30. The van der Waals surface area contributed by atoms with Crippen LogP contribution in [0.4, 0.5) is 0 Å². The normalized spacial score (nSPS) is 15.6. The Labute approximate surface area is 418 Å². The van der Waals surface area contributed by atoms with E-state index in [1.165, 1.54) is 11.1 Å². The van der Waals surface area contributed by atoms with Crippen molar-refractivity contribution in [3.05, 3.63) is 151 Å². The second kappa shape index (κ2) is 22.0. The molecule has 70 heavy (non-hydrogen) atoms. The smallest absolute Gasteiger partial charge is 0.341 e. The number of fused-ring (bicyclic) bond motifs is 4. The number of hydrogen-bond acceptors (Lipinski definition) is 8. The summed E-state index contributed by atoms with van der Waals surface area (Å²) in [6.07, 6.45) is 1.89. The monoisotopic (exact) mass is 955 g/mol. The van der Waals surface area contributed by atoms with E-state index in [4.69, 9.17) is 33.2 Å². The average molecular weight is 955 g/mol. The summed E-state index contributed by atoms with van der Waals surface area (Å²) in [5.41, 5.74) is 12.7. The molecule has 9 nitrogen and oxygen atoms in total. The van der Waals surface area contributed by atoms with Gasteiger partial charge in [0.25, 0.3) is 0 Å². The Balaban J connectivity index is 1.61. The predicted octanol–water partition coefficient (Wildman–Crippen LogP) is 12.4. The highest BCUT2D eigenvalue weighted by molar-refractivity contribution is 5.69. The zero-order valence-electron chi connectivity index (χ0n) is 44.1. The number of hydrogen-bond donors (Lipinski definition) is 1. The molecule has 0 aromatic heterocycles. The Morgan fingerprint density at radius 3 is 1.09 bits per heavy atom. The Kier molecular flexibility index (Phi) is 16.5. The van der Waals surface area contributed by atoms with Crippen LogP contribution in [0.1, 0.15) is 155 Å². The van der Waals surface area contributed by atoms with Crippen molar-refractivity contribution in [2.75, 3.05) is 59.5 Å². The van der Waals surface area contributed by atoms with Crippen molar-refractivity contribution in [1.82, 2.24) is 0 Å². The summed E-state index contributed by atoms with van der Waals surface area (Å²) in [7, 11) is 0. The van der Waals surface area contributed by atoms with Crippen LogP contribution in [0.3, 0.4) is 0 Å². The first-order valence-electron chi connectivity index (χ1n) is 25.2. The third-order valence-electron chi connectivity index (χ3n) is 13.2. The molecule has 1 aliphatic heterocycles. The van der Waals surface area contributed by atoms with Gasteiger partial charge in [-0.2, -0.15) is 0 Å². The minimum Gasteiger partial charge on any atom is -0.491 e. The first kappa shape index (κ1) is 52.5. The first-order valence-corrected chi connectivity index (χ1v) is 25.2. The summed E-state index contributed by atoms with van der Waals surface area (Å²) in [5, 5.41) is 10.2. The zero-order chi connectivity index (χ0) is 50.4. The molecule has 2 aliphatic rings. The fourth-order valence-electron chi connectivity index (χ4n) is 9.17. The minimum atomic E-state index is -1.04. The molecule has 0 saturated heterocycles. The van der Waals surface area contributed by atoms with Gasteiger partial charge in [-0.15, -0.1) is 0 Å². The molecule has 1 heterocycles. The van der Waals surface area contributed by atoms with Crippen LogP contribution in [0.15, 0.2) is 78.9 Å². The first-order chi connectivity index (χ1) is 33.0. The van der Waals surface area contributed by atoms with Crippen LogP contribution in [-0.4, -0.2) is 70.5 Å². The van der Waals surface area contributed by atoms with Crippen LogP contribution in [0.2, 0.25) is 0 Å². The highest BCUT2D eigenvalue weighted by atomic mass is 16.6. The molecule has 0 saturated carbocycles. The van der Waals surface area contributed by atoms with E-state index in [0.29, 0.717) is 90.9 Å². The van der Waals surface area contributed by atoms with Crippen LogP contribution >= 0.6 is 0 Å². The summed E-state index contributed by atoms with van der Waals surface area (Å²) in [5.74, 6) is 1.93. The van der Waals surface area contributed by atoms with Gasteiger partial charge in [-0.1, -0.05) is 162 Å².